The molecule has 0 bridgehead atoms. The number of nitrogens with zero attached hydrogens (tertiary/aromatic N) is 1. The van der Waals surface area contributed by atoms with Gasteiger partial charge >= 0.3 is 0 Å². The lowest BCUT2D eigenvalue weighted by Crippen LogP contribution is -2.32. The fraction of sp³-hybridized carbons (Fsp3) is 0.733. The fourth-order valence-corrected chi connectivity index (χ4v) is 3.69. The van der Waals surface area contributed by atoms with Crippen LogP contribution >= 0.6 is 0 Å². The summed E-state index contributed by atoms with van der Waals surface area (Å²) >= 11 is 0. The molecule has 0 aliphatic heterocycles. The summed E-state index contributed by atoms with van der Waals surface area (Å²) < 4.78 is 29.6. The average molecular weight is 313 g/mol. The largest absolute Gasteiger partial charge is 0.346 e. The van der Waals surface area contributed by atoms with Crippen LogP contribution in [0.1, 0.15) is 51.8 Å². The van der Waals surface area contributed by atoms with Crippen LogP contribution in [0.15, 0.2) is 17.2 Å². The Morgan fingerprint density at radius 2 is 2.10 bits per heavy atom. The van der Waals surface area contributed by atoms with Crippen LogP contribution in [0.4, 0.5) is 0 Å². The topological polar surface area (TPSA) is 63.1 Å². The van der Waals surface area contributed by atoms with Crippen LogP contribution in [0.5, 0.6) is 0 Å². The Morgan fingerprint density at radius 1 is 1.38 bits per heavy atom. The van der Waals surface area contributed by atoms with Crippen molar-refractivity contribution in [2.75, 3.05) is 13.1 Å². The molecule has 0 saturated heterocycles. The van der Waals surface area contributed by atoms with Crippen LogP contribution in [0.2, 0.25) is 0 Å². The number of sulfonamides is 1. The molecule has 1 fully saturated rings. The number of rotatable bonds is 8. The molecule has 1 saturated carbocycles. The van der Waals surface area contributed by atoms with Gasteiger partial charge in [-0.15, -0.1) is 0 Å². The molecule has 1 heterocycles. The molecule has 0 amide bonds. The smallest absolute Gasteiger partial charge is 0.242 e. The van der Waals surface area contributed by atoms with Crippen LogP contribution in [0.25, 0.3) is 0 Å². The summed E-state index contributed by atoms with van der Waals surface area (Å²) in [4.78, 5) is 0.378. The minimum Gasteiger partial charge on any atom is -0.346 e. The van der Waals surface area contributed by atoms with Gasteiger partial charge in [0.1, 0.15) is 0 Å². The van der Waals surface area contributed by atoms with E-state index in [1.807, 2.05) is 11.5 Å². The van der Waals surface area contributed by atoms with E-state index in [0.29, 0.717) is 23.9 Å². The van der Waals surface area contributed by atoms with E-state index in [2.05, 4.69) is 23.9 Å². The Labute approximate surface area is 128 Å². The van der Waals surface area contributed by atoms with Crippen LogP contribution in [0, 0.1) is 5.92 Å². The molecule has 5 nitrogen and oxygen atoms in total. The second-order valence-electron chi connectivity index (χ2n) is 6.10. The monoisotopic (exact) mass is 313 g/mol. The molecule has 0 radical (unpaired) electrons. The summed E-state index contributed by atoms with van der Waals surface area (Å²) in [5.74, 6) is 0.521. The molecule has 0 spiro atoms. The zero-order valence-electron chi connectivity index (χ0n) is 13.2. The maximum absolute atomic E-state index is 12.4. The van der Waals surface area contributed by atoms with Gasteiger partial charge in [-0.2, -0.15) is 0 Å². The maximum Gasteiger partial charge on any atom is 0.242 e. The molecule has 0 unspecified atom stereocenters. The summed E-state index contributed by atoms with van der Waals surface area (Å²) in [6, 6.07) is 2.03. The highest BCUT2D eigenvalue weighted by Gasteiger charge is 2.23. The molecule has 1 aromatic heterocycles. The maximum atomic E-state index is 12.4. The Kier molecular flexibility index (Phi) is 5.46. The molecule has 2 N–H and O–H groups in total. The predicted molar refractivity (Wildman–Crippen MR) is 84.7 cm³/mol. The fourth-order valence-electron chi connectivity index (χ4n) is 2.53. The molecular weight excluding hydrogens is 286 g/mol. The summed E-state index contributed by atoms with van der Waals surface area (Å²) in [5.41, 5.74) is 1.01. The standard InChI is InChI=1S/C15H27N3O2S/c1-4-16-10-14-8-15(11-18(14)12(2)3)21(19,20)17-9-13-6-5-7-13/h8,11-13,16-17H,4-7,9-10H2,1-3H3. The van der Waals surface area contributed by atoms with Crippen molar-refractivity contribution in [3.8, 4) is 0 Å². The van der Waals surface area contributed by atoms with E-state index in [0.717, 1.165) is 25.1 Å². The highest BCUT2D eigenvalue weighted by molar-refractivity contribution is 7.89. The first-order chi connectivity index (χ1) is 9.94. The normalized spacial score (nSPS) is 16.4. The number of hydrogen-bond acceptors (Lipinski definition) is 3. The van der Waals surface area contributed by atoms with Gasteiger partial charge in [0.05, 0.1) is 4.90 Å². The van der Waals surface area contributed by atoms with Gasteiger partial charge in [0, 0.05) is 31.0 Å². The van der Waals surface area contributed by atoms with Crippen LogP contribution < -0.4 is 10.0 Å². The van der Waals surface area contributed by atoms with Gasteiger partial charge in [0.2, 0.25) is 10.0 Å². The zero-order valence-corrected chi connectivity index (χ0v) is 14.0. The van der Waals surface area contributed by atoms with Crippen molar-refractivity contribution < 1.29 is 8.42 Å². The Balaban J connectivity index is 2.13. The first-order valence-electron chi connectivity index (χ1n) is 7.85. The molecule has 1 aliphatic carbocycles. The third-order valence-electron chi connectivity index (χ3n) is 4.12. The number of nitrogens with one attached hydrogen (secondary N) is 2. The van der Waals surface area contributed by atoms with Crippen molar-refractivity contribution in [2.45, 2.75) is 57.5 Å². The SMILES string of the molecule is CCNCc1cc(S(=O)(=O)NCC2CCC2)cn1C(C)C. The van der Waals surface area contributed by atoms with Crippen molar-refractivity contribution in [2.24, 2.45) is 5.92 Å². The molecule has 0 aromatic carbocycles. The minimum atomic E-state index is -3.39. The van der Waals surface area contributed by atoms with Gasteiger partial charge in [-0.1, -0.05) is 13.3 Å². The molecule has 1 aliphatic rings. The van der Waals surface area contributed by atoms with E-state index in [4.69, 9.17) is 0 Å². The first-order valence-corrected chi connectivity index (χ1v) is 9.33. The lowest BCUT2D eigenvalue weighted by Gasteiger charge is -2.25. The van der Waals surface area contributed by atoms with Gasteiger partial charge in [0.15, 0.2) is 0 Å². The Bertz CT molecular complexity index is 559. The average Bonchev–Trinajstić information content (AvgIpc) is 2.79. The summed E-state index contributed by atoms with van der Waals surface area (Å²) in [5, 5.41) is 3.26. The van der Waals surface area contributed by atoms with Crippen LogP contribution in [-0.2, 0) is 16.6 Å². The Morgan fingerprint density at radius 3 is 2.62 bits per heavy atom. The molecule has 2 rings (SSSR count). The van der Waals surface area contributed by atoms with Gasteiger partial charge in [0.25, 0.3) is 0 Å². The molecular formula is C15H27N3O2S. The van der Waals surface area contributed by atoms with E-state index >= 15 is 0 Å². The van der Waals surface area contributed by atoms with Gasteiger partial charge < -0.3 is 9.88 Å². The quantitative estimate of drug-likeness (QED) is 0.774. The number of aromatic nitrogens is 1. The lowest BCUT2D eigenvalue weighted by atomic mass is 9.86. The summed E-state index contributed by atoms with van der Waals surface area (Å²) in [6.45, 7) is 8.29. The third-order valence-corrected chi connectivity index (χ3v) is 5.51. The molecule has 120 valence electrons. The minimum absolute atomic E-state index is 0.245. The lowest BCUT2D eigenvalue weighted by molar-refractivity contribution is 0.316. The zero-order chi connectivity index (χ0) is 15.5. The highest BCUT2D eigenvalue weighted by Crippen LogP contribution is 2.26. The van der Waals surface area contributed by atoms with Crippen LogP contribution in [0.3, 0.4) is 0 Å². The summed E-state index contributed by atoms with van der Waals surface area (Å²) in [7, 11) is -3.39. The van der Waals surface area contributed by atoms with Crippen molar-refractivity contribution in [3.05, 3.63) is 18.0 Å². The van der Waals surface area contributed by atoms with Crippen LogP contribution in [-0.4, -0.2) is 26.1 Å². The van der Waals surface area contributed by atoms with Gasteiger partial charge in [-0.25, -0.2) is 13.1 Å². The van der Waals surface area contributed by atoms with Crippen molar-refractivity contribution in [1.29, 1.82) is 0 Å². The van der Waals surface area contributed by atoms with Crippen molar-refractivity contribution in [3.63, 3.8) is 0 Å². The van der Waals surface area contributed by atoms with E-state index in [9.17, 15) is 8.42 Å². The predicted octanol–water partition coefficient (Wildman–Crippen LogP) is 2.26. The first kappa shape index (κ1) is 16.5. The third kappa shape index (κ3) is 4.08. The van der Waals surface area contributed by atoms with Crippen molar-refractivity contribution >= 4 is 10.0 Å². The van der Waals surface area contributed by atoms with E-state index in [1.54, 1.807) is 12.3 Å². The Hall–Kier alpha value is -0.850. The highest BCUT2D eigenvalue weighted by atomic mass is 32.2. The van der Waals surface area contributed by atoms with E-state index < -0.39 is 10.0 Å². The van der Waals surface area contributed by atoms with Gasteiger partial charge in [-0.05, 0) is 45.2 Å². The van der Waals surface area contributed by atoms with E-state index in [-0.39, 0.29) is 6.04 Å². The van der Waals surface area contributed by atoms with Crippen molar-refractivity contribution in [1.82, 2.24) is 14.6 Å². The molecule has 0 atom stereocenters. The van der Waals surface area contributed by atoms with Gasteiger partial charge in [-0.3, -0.25) is 0 Å². The number of hydrogen-bond donors (Lipinski definition) is 2. The second-order valence-corrected chi connectivity index (χ2v) is 7.86. The van der Waals surface area contributed by atoms with E-state index in [1.165, 1.54) is 6.42 Å². The molecule has 21 heavy (non-hydrogen) atoms. The molecule has 6 heteroatoms. The molecule has 1 aromatic rings. The second kappa shape index (κ2) is 6.94. The summed E-state index contributed by atoms with van der Waals surface area (Å²) in [6.07, 6.45) is 5.26.